The first-order valence-corrected chi connectivity index (χ1v) is 11.4. The van der Waals surface area contributed by atoms with E-state index in [4.69, 9.17) is 11.6 Å². The van der Waals surface area contributed by atoms with Crippen LogP contribution in [-0.4, -0.2) is 48.8 Å². The van der Waals surface area contributed by atoms with Crippen molar-refractivity contribution in [2.75, 3.05) is 42.3 Å². The molecule has 5 nitrogen and oxygen atoms in total. The molecule has 0 saturated carbocycles. The third-order valence-electron chi connectivity index (χ3n) is 5.56. The Bertz CT molecular complexity index is 717. The Kier molecular flexibility index (Phi) is 8.20. The Labute approximate surface area is 187 Å². The average molecular weight is 436 g/mol. The van der Waals surface area contributed by atoms with Gasteiger partial charge in [0.1, 0.15) is 0 Å². The van der Waals surface area contributed by atoms with Gasteiger partial charge in [-0.15, -0.1) is 11.6 Å². The molecule has 0 radical (unpaired) electrons. The predicted molar refractivity (Wildman–Crippen MR) is 126 cm³/mol. The maximum atomic E-state index is 12.6. The second kappa shape index (κ2) is 10.0. The summed E-state index contributed by atoms with van der Waals surface area (Å²) in [6.07, 6.45) is 1.69. The van der Waals surface area contributed by atoms with E-state index in [2.05, 4.69) is 37.9 Å². The zero-order valence-electron chi connectivity index (χ0n) is 19.4. The molecule has 0 aliphatic carbocycles. The van der Waals surface area contributed by atoms with Gasteiger partial charge in [-0.1, -0.05) is 27.7 Å². The average Bonchev–Trinajstić information content (AvgIpc) is 2.67. The molecule has 1 aromatic carbocycles. The van der Waals surface area contributed by atoms with Crippen molar-refractivity contribution in [2.45, 2.75) is 54.4 Å². The van der Waals surface area contributed by atoms with Gasteiger partial charge in [0.2, 0.25) is 11.8 Å². The highest BCUT2D eigenvalue weighted by atomic mass is 35.5. The molecular weight excluding hydrogens is 398 g/mol. The monoisotopic (exact) mass is 435 g/mol. The predicted octanol–water partition coefficient (Wildman–Crippen LogP) is 5.00. The third-order valence-corrected chi connectivity index (χ3v) is 6.22. The van der Waals surface area contributed by atoms with Gasteiger partial charge < -0.3 is 15.1 Å². The molecule has 0 bridgehead atoms. The minimum absolute atomic E-state index is 0.0851. The van der Waals surface area contributed by atoms with E-state index < -0.39 is 5.41 Å². The minimum atomic E-state index is -0.604. The van der Waals surface area contributed by atoms with Crippen LogP contribution in [0.2, 0.25) is 0 Å². The molecule has 1 aliphatic heterocycles. The Morgan fingerprint density at radius 3 is 2.10 bits per heavy atom. The second-order valence-electron chi connectivity index (χ2n) is 10.5. The summed E-state index contributed by atoms with van der Waals surface area (Å²) in [7, 11) is 0. The van der Waals surface area contributed by atoms with Gasteiger partial charge in [0, 0.05) is 49.9 Å². The van der Waals surface area contributed by atoms with Crippen LogP contribution in [0.1, 0.15) is 54.4 Å². The molecule has 6 heteroatoms. The zero-order chi connectivity index (χ0) is 22.5. The molecule has 1 N–H and O–H groups in total. The Hall–Kier alpha value is -1.75. The number of piperazine rings is 1. The van der Waals surface area contributed by atoms with Crippen molar-refractivity contribution in [2.24, 2.45) is 16.7 Å². The van der Waals surface area contributed by atoms with Crippen LogP contribution in [0.4, 0.5) is 11.4 Å². The lowest BCUT2D eigenvalue weighted by molar-refractivity contribution is -0.132. The molecule has 2 amide bonds. The number of anilines is 2. The van der Waals surface area contributed by atoms with Crippen molar-refractivity contribution in [3.05, 3.63) is 24.3 Å². The van der Waals surface area contributed by atoms with E-state index in [1.807, 2.05) is 43.0 Å². The molecule has 0 unspecified atom stereocenters. The van der Waals surface area contributed by atoms with E-state index in [1.54, 1.807) is 0 Å². The Balaban J connectivity index is 1.85. The molecule has 1 aliphatic rings. The van der Waals surface area contributed by atoms with Crippen LogP contribution in [0.3, 0.4) is 0 Å². The van der Waals surface area contributed by atoms with Crippen molar-refractivity contribution >= 4 is 34.8 Å². The number of amides is 2. The molecule has 1 saturated heterocycles. The van der Waals surface area contributed by atoms with Gasteiger partial charge in [-0.2, -0.15) is 0 Å². The van der Waals surface area contributed by atoms with Crippen molar-refractivity contribution < 1.29 is 9.59 Å². The van der Waals surface area contributed by atoms with Crippen molar-refractivity contribution in [3.8, 4) is 0 Å². The molecule has 0 spiro atoms. The highest BCUT2D eigenvalue weighted by Gasteiger charge is 2.27. The smallest absolute Gasteiger partial charge is 0.231 e. The largest absolute Gasteiger partial charge is 0.368 e. The van der Waals surface area contributed by atoms with Crippen LogP contribution in [0.25, 0.3) is 0 Å². The second-order valence-corrected chi connectivity index (χ2v) is 10.7. The molecule has 168 valence electrons. The lowest BCUT2D eigenvalue weighted by Crippen LogP contribution is -2.49. The first kappa shape index (κ1) is 24.5. The van der Waals surface area contributed by atoms with Crippen molar-refractivity contribution in [1.29, 1.82) is 0 Å². The number of hydrogen-bond donors (Lipinski definition) is 1. The van der Waals surface area contributed by atoms with Crippen molar-refractivity contribution in [3.63, 3.8) is 0 Å². The van der Waals surface area contributed by atoms with Gasteiger partial charge in [0.25, 0.3) is 0 Å². The van der Waals surface area contributed by atoms with Crippen LogP contribution in [0.5, 0.6) is 0 Å². The Morgan fingerprint density at radius 2 is 1.60 bits per heavy atom. The van der Waals surface area contributed by atoms with Crippen LogP contribution in [0, 0.1) is 16.7 Å². The minimum Gasteiger partial charge on any atom is -0.368 e. The fraction of sp³-hybridized carbons (Fsp3) is 0.667. The molecule has 1 fully saturated rings. The topological polar surface area (TPSA) is 52.7 Å². The lowest BCUT2D eigenvalue weighted by atomic mass is 9.84. The van der Waals surface area contributed by atoms with E-state index in [1.165, 1.54) is 0 Å². The maximum absolute atomic E-state index is 12.6. The summed E-state index contributed by atoms with van der Waals surface area (Å²) in [5.41, 5.74) is 1.53. The van der Waals surface area contributed by atoms with Crippen LogP contribution in [0.15, 0.2) is 24.3 Å². The molecule has 1 atom stereocenters. The maximum Gasteiger partial charge on any atom is 0.231 e. The van der Waals surface area contributed by atoms with Crippen molar-refractivity contribution in [1.82, 2.24) is 4.90 Å². The lowest BCUT2D eigenvalue weighted by Gasteiger charge is -2.37. The normalized spacial score (nSPS) is 16.4. The quantitative estimate of drug-likeness (QED) is 0.613. The fourth-order valence-electron chi connectivity index (χ4n) is 3.88. The number of halogens is 1. The number of nitrogens with zero attached hydrogens (tertiary/aromatic N) is 2. The van der Waals surface area contributed by atoms with Gasteiger partial charge in [0.05, 0.1) is 5.41 Å². The summed E-state index contributed by atoms with van der Waals surface area (Å²) in [5, 5.41) is 2.92. The third kappa shape index (κ3) is 7.19. The van der Waals surface area contributed by atoms with Crippen LogP contribution < -0.4 is 10.2 Å². The molecule has 0 aromatic heterocycles. The number of benzene rings is 1. The number of carbonyl (C=O) groups excluding carboxylic acids is 2. The number of rotatable bonds is 7. The number of nitrogens with one attached hydrogen (secondary N) is 1. The first-order chi connectivity index (χ1) is 13.9. The standard InChI is InChI=1S/C24H38ClN3O2/c1-18(16-23(2,3)4)15-21(29)28-13-11-27(12-14-28)20-9-7-19(8-10-20)26-22(30)24(5,6)17-25/h7-10,18H,11-17H2,1-6H3,(H,26,30)/t18-/m1/s1. The van der Waals surface area contributed by atoms with Gasteiger partial charge in [-0.05, 0) is 55.9 Å². The first-order valence-electron chi connectivity index (χ1n) is 10.9. The summed E-state index contributed by atoms with van der Waals surface area (Å²) >= 11 is 5.88. The van der Waals surface area contributed by atoms with Gasteiger partial charge in [-0.25, -0.2) is 0 Å². The molecule has 30 heavy (non-hydrogen) atoms. The van der Waals surface area contributed by atoms with Gasteiger partial charge in [-0.3, -0.25) is 9.59 Å². The summed E-state index contributed by atoms with van der Waals surface area (Å²) in [5.74, 6) is 0.862. The van der Waals surface area contributed by atoms with Crippen LogP contribution >= 0.6 is 11.6 Å². The molecular formula is C24H38ClN3O2. The summed E-state index contributed by atoms with van der Waals surface area (Å²) in [6, 6.07) is 7.88. The van der Waals surface area contributed by atoms with E-state index in [0.29, 0.717) is 12.3 Å². The number of hydrogen-bond acceptors (Lipinski definition) is 3. The summed E-state index contributed by atoms with van der Waals surface area (Å²) in [4.78, 5) is 29.2. The van der Waals surface area contributed by atoms with Crippen LogP contribution in [-0.2, 0) is 9.59 Å². The number of carbonyl (C=O) groups is 2. The van der Waals surface area contributed by atoms with E-state index in [0.717, 1.165) is 44.0 Å². The van der Waals surface area contributed by atoms with Gasteiger partial charge in [0.15, 0.2) is 0 Å². The van der Waals surface area contributed by atoms with E-state index in [9.17, 15) is 9.59 Å². The van der Waals surface area contributed by atoms with E-state index >= 15 is 0 Å². The molecule has 2 rings (SSSR count). The number of alkyl halides is 1. The fourth-order valence-corrected chi connectivity index (χ4v) is 4.00. The molecule has 1 aromatic rings. The Morgan fingerprint density at radius 1 is 1.03 bits per heavy atom. The van der Waals surface area contributed by atoms with Gasteiger partial charge >= 0.3 is 0 Å². The summed E-state index contributed by atoms with van der Waals surface area (Å²) in [6.45, 7) is 15.7. The SMILES string of the molecule is C[C@H](CC(=O)N1CCN(c2ccc(NC(=O)C(C)(C)CCl)cc2)CC1)CC(C)(C)C. The highest BCUT2D eigenvalue weighted by molar-refractivity contribution is 6.20. The highest BCUT2D eigenvalue weighted by Crippen LogP contribution is 2.27. The summed E-state index contributed by atoms with van der Waals surface area (Å²) < 4.78 is 0. The van der Waals surface area contributed by atoms with E-state index in [-0.39, 0.29) is 23.1 Å². The zero-order valence-corrected chi connectivity index (χ0v) is 20.2. The molecule has 1 heterocycles.